The molecule has 0 saturated heterocycles. The SMILES string of the molecule is c1ccc2oc(-c3ccc(-c4ccc(N(c5ccc6c(ccc7c8ccccc8sc67)c5)c5ccc6c(ccc7c8ccccc8sc67)c5)cc4)cc3)cc2c1. The molecule has 0 unspecified atom stereocenters. The highest BCUT2D eigenvalue weighted by atomic mass is 32.1. The van der Waals surface area contributed by atoms with Crippen LogP contribution in [0.5, 0.6) is 0 Å². The van der Waals surface area contributed by atoms with Crippen molar-refractivity contribution in [3.63, 3.8) is 0 Å². The number of rotatable bonds is 5. The highest BCUT2D eigenvalue weighted by Gasteiger charge is 2.17. The van der Waals surface area contributed by atoms with Crippen LogP contribution in [0, 0.1) is 0 Å². The van der Waals surface area contributed by atoms with Crippen molar-refractivity contribution in [2.75, 3.05) is 4.90 Å². The summed E-state index contributed by atoms with van der Waals surface area (Å²) in [4.78, 5) is 2.40. The largest absolute Gasteiger partial charge is 0.456 e. The van der Waals surface area contributed by atoms with Gasteiger partial charge in [0.05, 0.1) is 0 Å². The van der Waals surface area contributed by atoms with Gasteiger partial charge in [-0.3, -0.25) is 0 Å². The van der Waals surface area contributed by atoms with E-state index in [1.807, 2.05) is 40.9 Å². The molecule has 56 heavy (non-hydrogen) atoms. The maximum Gasteiger partial charge on any atom is 0.135 e. The molecule has 0 radical (unpaired) electrons. The Morgan fingerprint density at radius 1 is 0.339 bits per heavy atom. The lowest BCUT2D eigenvalue weighted by molar-refractivity contribution is 0.631. The normalized spacial score (nSPS) is 11.9. The molecule has 0 N–H and O–H groups in total. The molecule has 0 atom stereocenters. The van der Waals surface area contributed by atoms with E-state index in [1.165, 1.54) is 73.0 Å². The Kier molecular flexibility index (Phi) is 7.00. The lowest BCUT2D eigenvalue weighted by Crippen LogP contribution is -2.09. The molecule has 12 rings (SSSR count). The lowest BCUT2D eigenvalue weighted by Gasteiger charge is -2.26. The van der Waals surface area contributed by atoms with Crippen LogP contribution in [0.25, 0.3) is 95.3 Å². The monoisotopic (exact) mass is 749 g/mol. The minimum Gasteiger partial charge on any atom is -0.456 e. The van der Waals surface area contributed by atoms with Crippen molar-refractivity contribution in [3.8, 4) is 22.5 Å². The van der Waals surface area contributed by atoms with Crippen molar-refractivity contribution in [2.24, 2.45) is 0 Å². The van der Waals surface area contributed by atoms with Gasteiger partial charge in [-0.15, -0.1) is 22.7 Å². The van der Waals surface area contributed by atoms with Crippen LogP contribution in [0.15, 0.2) is 192 Å². The summed E-state index contributed by atoms with van der Waals surface area (Å²) >= 11 is 3.77. The number of furan rings is 1. The number of fused-ring (bicyclic) bond motifs is 11. The fraction of sp³-hybridized carbons (Fsp3) is 0. The van der Waals surface area contributed by atoms with E-state index in [-0.39, 0.29) is 0 Å². The molecule has 12 aromatic rings. The molecule has 3 aromatic heterocycles. The van der Waals surface area contributed by atoms with Crippen LogP contribution in [0.4, 0.5) is 17.1 Å². The molecule has 3 heterocycles. The summed E-state index contributed by atoms with van der Waals surface area (Å²) in [5, 5.41) is 11.5. The van der Waals surface area contributed by atoms with Crippen LogP contribution < -0.4 is 4.90 Å². The smallest absolute Gasteiger partial charge is 0.135 e. The first-order chi connectivity index (χ1) is 27.7. The van der Waals surface area contributed by atoms with E-state index >= 15 is 0 Å². The number of para-hydroxylation sites is 1. The van der Waals surface area contributed by atoms with E-state index in [2.05, 4.69) is 175 Å². The Hall–Kier alpha value is -6.72. The maximum atomic E-state index is 6.14. The molecule has 0 fully saturated rings. The van der Waals surface area contributed by atoms with E-state index in [9.17, 15) is 0 Å². The van der Waals surface area contributed by atoms with Gasteiger partial charge in [-0.25, -0.2) is 0 Å². The second-order valence-electron chi connectivity index (χ2n) is 14.5. The topological polar surface area (TPSA) is 16.4 Å². The van der Waals surface area contributed by atoms with E-state index in [0.717, 1.165) is 39.4 Å². The molecule has 2 nitrogen and oxygen atoms in total. The Bertz CT molecular complexity index is 3290. The highest BCUT2D eigenvalue weighted by Crippen LogP contribution is 2.44. The van der Waals surface area contributed by atoms with Gasteiger partial charge < -0.3 is 9.32 Å². The molecule has 0 saturated carbocycles. The minimum atomic E-state index is 0.885. The third kappa shape index (κ3) is 5.00. The molecule has 262 valence electrons. The average Bonchev–Trinajstić information content (AvgIpc) is 3.98. The third-order valence-corrected chi connectivity index (χ3v) is 13.7. The van der Waals surface area contributed by atoms with Crippen LogP contribution >= 0.6 is 22.7 Å². The van der Waals surface area contributed by atoms with Crippen molar-refractivity contribution in [2.45, 2.75) is 0 Å². The number of hydrogen-bond acceptors (Lipinski definition) is 4. The Balaban J connectivity index is 0.964. The minimum absolute atomic E-state index is 0.885. The zero-order valence-corrected chi connectivity index (χ0v) is 31.7. The van der Waals surface area contributed by atoms with Crippen molar-refractivity contribution in [1.82, 2.24) is 0 Å². The number of anilines is 3. The van der Waals surface area contributed by atoms with Crippen molar-refractivity contribution in [1.29, 1.82) is 0 Å². The zero-order valence-electron chi connectivity index (χ0n) is 30.1. The van der Waals surface area contributed by atoms with Crippen LogP contribution in [0.2, 0.25) is 0 Å². The summed E-state index contributed by atoms with van der Waals surface area (Å²) in [6, 6.07) is 68.5. The summed E-state index contributed by atoms with van der Waals surface area (Å²) in [5.74, 6) is 0.885. The predicted molar refractivity (Wildman–Crippen MR) is 243 cm³/mol. The highest BCUT2D eigenvalue weighted by molar-refractivity contribution is 7.27. The number of hydrogen-bond donors (Lipinski definition) is 0. The Morgan fingerprint density at radius 3 is 1.41 bits per heavy atom. The quantitative estimate of drug-likeness (QED) is 0.174. The van der Waals surface area contributed by atoms with Crippen LogP contribution in [0.1, 0.15) is 0 Å². The average molecular weight is 750 g/mol. The van der Waals surface area contributed by atoms with Crippen molar-refractivity contribution >= 4 is 113 Å². The summed E-state index contributed by atoms with van der Waals surface area (Å²) < 4.78 is 11.5. The molecule has 0 aliphatic heterocycles. The second kappa shape index (κ2) is 12.4. The van der Waals surface area contributed by atoms with E-state index in [0.29, 0.717) is 0 Å². The first kappa shape index (κ1) is 31.6. The van der Waals surface area contributed by atoms with Crippen molar-refractivity contribution < 1.29 is 4.42 Å². The molecule has 0 aliphatic rings. The fourth-order valence-electron chi connectivity index (χ4n) is 8.48. The molecule has 4 heteroatoms. The fourth-order valence-corrected chi connectivity index (χ4v) is 11.0. The van der Waals surface area contributed by atoms with Crippen LogP contribution in [-0.4, -0.2) is 0 Å². The van der Waals surface area contributed by atoms with Gasteiger partial charge in [0, 0.05) is 68.4 Å². The third-order valence-electron chi connectivity index (χ3n) is 11.3. The Labute approximate surface area is 330 Å². The maximum absolute atomic E-state index is 6.14. The first-order valence-electron chi connectivity index (χ1n) is 18.9. The van der Waals surface area contributed by atoms with Gasteiger partial charge >= 0.3 is 0 Å². The molecule has 9 aromatic carbocycles. The zero-order chi connectivity index (χ0) is 36.7. The summed E-state index contributed by atoms with van der Waals surface area (Å²) in [6.07, 6.45) is 0. The molecule has 0 bridgehead atoms. The van der Waals surface area contributed by atoms with Gasteiger partial charge in [-0.1, -0.05) is 127 Å². The first-order valence-corrected chi connectivity index (χ1v) is 20.5. The number of nitrogens with zero attached hydrogens (tertiary/aromatic N) is 1. The molecule has 0 spiro atoms. The van der Waals surface area contributed by atoms with E-state index in [4.69, 9.17) is 4.42 Å². The molecular weight excluding hydrogens is 719 g/mol. The van der Waals surface area contributed by atoms with Gasteiger partial charge in [0.25, 0.3) is 0 Å². The summed E-state index contributed by atoms with van der Waals surface area (Å²) in [7, 11) is 0. The van der Waals surface area contributed by atoms with Crippen molar-refractivity contribution in [3.05, 3.63) is 188 Å². The molecular formula is C52H31NOS2. The predicted octanol–water partition coefficient (Wildman–Crippen LogP) is 16.3. The van der Waals surface area contributed by atoms with E-state index in [1.54, 1.807) is 0 Å². The summed E-state index contributed by atoms with van der Waals surface area (Å²) in [6.45, 7) is 0. The van der Waals surface area contributed by atoms with E-state index < -0.39 is 0 Å². The molecule has 0 aliphatic carbocycles. The van der Waals surface area contributed by atoms with Gasteiger partial charge in [0.2, 0.25) is 0 Å². The molecule has 0 amide bonds. The van der Waals surface area contributed by atoms with Gasteiger partial charge in [0.15, 0.2) is 0 Å². The van der Waals surface area contributed by atoms with Gasteiger partial charge in [0.1, 0.15) is 11.3 Å². The number of benzene rings is 9. The van der Waals surface area contributed by atoms with Crippen LogP contribution in [-0.2, 0) is 0 Å². The Morgan fingerprint density at radius 2 is 0.821 bits per heavy atom. The standard InChI is InChI=1S/C52H31NOS2/c1-4-10-47-37(7-1)31-48(54-47)34-15-13-32(14-16-34)33-17-21-38(22-18-33)53(39-23-27-41-35(29-39)19-25-45-43-8-2-5-11-49(43)55-51(41)45)40-24-28-42-36(30-40)20-26-46-44-9-3-6-12-50(44)56-52(42)46/h1-31H. The lowest BCUT2D eigenvalue weighted by atomic mass is 10.0. The van der Waals surface area contributed by atoms with Gasteiger partial charge in [-0.2, -0.15) is 0 Å². The van der Waals surface area contributed by atoms with Gasteiger partial charge in [-0.05, 0) is 93.3 Å². The number of thiophene rings is 2. The second-order valence-corrected chi connectivity index (χ2v) is 16.6. The van der Waals surface area contributed by atoms with Crippen LogP contribution in [0.3, 0.4) is 0 Å². The summed E-state index contributed by atoms with van der Waals surface area (Å²) in [5.41, 5.74) is 7.68.